The molecule has 6 nitrogen and oxygen atoms in total. The second-order valence-electron chi connectivity index (χ2n) is 3.64. The summed E-state index contributed by atoms with van der Waals surface area (Å²) in [5.41, 5.74) is 4.11. The van der Waals surface area contributed by atoms with Crippen molar-refractivity contribution < 1.29 is 4.79 Å². The van der Waals surface area contributed by atoms with Crippen molar-refractivity contribution >= 4 is 17.3 Å². The van der Waals surface area contributed by atoms with Crippen LogP contribution < -0.4 is 16.2 Å². The van der Waals surface area contributed by atoms with E-state index in [9.17, 15) is 4.79 Å². The maximum atomic E-state index is 12.3. The molecule has 0 saturated heterocycles. The van der Waals surface area contributed by atoms with Crippen molar-refractivity contribution in [2.24, 2.45) is 5.84 Å². The summed E-state index contributed by atoms with van der Waals surface area (Å²) in [5.74, 6) is 5.17. The maximum absolute atomic E-state index is 12.3. The third-order valence-electron chi connectivity index (χ3n) is 2.54. The van der Waals surface area contributed by atoms with E-state index in [2.05, 4.69) is 15.4 Å². The van der Waals surface area contributed by atoms with Gasteiger partial charge >= 0.3 is 0 Å². The van der Waals surface area contributed by atoms with Crippen molar-refractivity contribution in [2.45, 2.75) is 0 Å². The Balaban J connectivity index is 2.32. The lowest BCUT2D eigenvalue weighted by molar-refractivity contribution is 0.0993. The number of anilines is 2. The molecule has 92 valence electrons. The van der Waals surface area contributed by atoms with Crippen LogP contribution in [0.5, 0.6) is 0 Å². The minimum atomic E-state index is -0.182. The van der Waals surface area contributed by atoms with E-state index in [1.807, 2.05) is 6.07 Å². The number of carbonyl (C=O) groups excluding carboxylic acids is 1. The van der Waals surface area contributed by atoms with Gasteiger partial charge in [0.2, 0.25) is 0 Å². The molecule has 0 aliphatic heterocycles. The van der Waals surface area contributed by atoms with Crippen LogP contribution in [0.4, 0.5) is 11.4 Å². The van der Waals surface area contributed by atoms with E-state index in [1.54, 1.807) is 37.8 Å². The van der Waals surface area contributed by atoms with Crippen LogP contribution in [-0.2, 0) is 0 Å². The number of hydrogen-bond donors (Lipinski definition) is 2. The van der Waals surface area contributed by atoms with Crippen LogP contribution in [0.15, 0.2) is 43.0 Å². The molecule has 0 saturated carbocycles. The van der Waals surface area contributed by atoms with E-state index in [0.717, 1.165) is 0 Å². The number of amides is 1. The molecule has 2 rings (SSSR count). The highest BCUT2D eigenvalue weighted by atomic mass is 16.2. The Morgan fingerprint density at radius 2 is 2.06 bits per heavy atom. The maximum Gasteiger partial charge on any atom is 0.260 e. The summed E-state index contributed by atoms with van der Waals surface area (Å²) < 4.78 is 0. The smallest absolute Gasteiger partial charge is 0.260 e. The number of carbonyl (C=O) groups is 1. The van der Waals surface area contributed by atoms with Crippen molar-refractivity contribution in [3.63, 3.8) is 0 Å². The lowest BCUT2D eigenvalue weighted by Crippen LogP contribution is -2.27. The van der Waals surface area contributed by atoms with Crippen LogP contribution in [0.2, 0.25) is 0 Å². The van der Waals surface area contributed by atoms with Gasteiger partial charge in [-0.3, -0.25) is 20.6 Å². The van der Waals surface area contributed by atoms with Crippen LogP contribution in [0.25, 0.3) is 0 Å². The largest absolute Gasteiger partial charge is 0.322 e. The number of pyridine rings is 2. The van der Waals surface area contributed by atoms with Gasteiger partial charge in [0.05, 0.1) is 29.3 Å². The van der Waals surface area contributed by atoms with E-state index in [4.69, 9.17) is 5.84 Å². The minimum absolute atomic E-state index is 0.182. The standard InChI is InChI=1S/C12H13N5O/c1-17(9-3-2-5-14-7-9)12(18)10-4-6-15-8-11(10)16-13/h2-8,16H,13H2,1H3. The zero-order valence-electron chi connectivity index (χ0n) is 9.87. The molecule has 2 aromatic rings. The predicted octanol–water partition coefficient (Wildman–Crippen LogP) is 1.04. The average molecular weight is 243 g/mol. The molecule has 2 heterocycles. The third kappa shape index (κ3) is 2.28. The van der Waals surface area contributed by atoms with Crippen molar-refractivity contribution in [3.8, 4) is 0 Å². The first kappa shape index (κ1) is 12.0. The van der Waals surface area contributed by atoms with E-state index in [0.29, 0.717) is 16.9 Å². The topological polar surface area (TPSA) is 84.1 Å². The molecule has 6 heteroatoms. The van der Waals surface area contributed by atoms with Crippen LogP contribution in [-0.4, -0.2) is 22.9 Å². The van der Waals surface area contributed by atoms with E-state index < -0.39 is 0 Å². The quantitative estimate of drug-likeness (QED) is 0.621. The Kier molecular flexibility index (Phi) is 3.49. The summed E-state index contributed by atoms with van der Waals surface area (Å²) in [6.07, 6.45) is 6.32. The number of hydrogen-bond acceptors (Lipinski definition) is 5. The van der Waals surface area contributed by atoms with Crippen molar-refractivity contribution in [1.29, 1.82) is 0 Å². The first-order valence-electron chi connectivity index (χ1n) is 5.32. The summed E-state index contributed by atoms with van der Waals surface area (Å²) in [6, 6.07) is 5.19. The van der Waals surface area contributed by atoms with Crippen molar-refractivity contribution in [1.82, 2.24) is 9.97 Å². The normalized spacial score (nSPS) is 9.89. The molecule has 2 aromatic heterocycles. The van der Waals surface area contributed by atoms with Gasteiger partial charge in [0, 0.05) is 19.4 Å². The summed E-state index contributed by atoms with van der Waals surface area (Å²) in [4.78, 5) is 21.7. The number of hydrazine groups is 1. The van der Waals surface area contributed by atoms with Gasteiger partial charge in [0.25, 0.3) is 5.91 Å². The lowest BCUT2D eigenvalue weighted by Gasteiger charge is -2.18. The Labute approximate surface area is 104 Å². The molecule has 0 radical (unpaired) electrons. The summed E-state index contributed by atoms with van der Waals surface area (Å²) in [7, 11) is 1.68. The van der Waals surface area contributed by atoms with Gasteiger partial charge in [-0.25, -0.2) is 0 Å². The molecule has 1 amide bonds. The first-order chi connectivity index (χ1) is 8.74. The van der Waals surface area contributed by atoms with Gasteiger partial charge in [0.1, 0.15) is 0 Å². The zero-order valence-corrected chi connectivity index (χ0v) is 9.87. The van der Waals surface area contributed by atoms with Gasteiger partial charge in [0.15, 0.2) is 0 Å². The van der Waals surface area contributed by atoms with Gasteiger partial charge < -0.3 is 10.3 Å². The van der Waals surface area contributed by atoms with Crippen LogP contribution >= 0.6 is 0 Å². The number of nitrogens with one attached hydrogen (secondary N) is 1. The molecular weight excluding hydrogens is 230 g/mol. The molecule has 3 N–H and O–H groups in total. The lowest BCUT2D eigenvalue weighted by atomic mass is 10.2. The molecule has 18 heavy (non-hydrogen) atoms. The predicted molar refractivity (Wildman–Crippen MR) is 69.0 cm³/mol. The van der Waals surface area contributed by atoms with Crippen molar-refractivity contribution in [3.05, 3.63) is 48.5 Å². The molecule has 0 aliphatic carbocycles. The Morgan fingerprint density at radius 3 is 2.72 bits per heavy atom. The minimum Gasteiger partial charge on any atom is -0.322 e. The number of aromatic nitrogens is 2. The van der Waals surface area contributed by atoms with E-state index in [-0.39, 0.29) is 5.91 Å². The number of nitrogen functional groups attached to an aromatic ring is 1. The van der Waals surface area contributed by atoms with Crippen molar-refractivity contribution in [2.75, 3.05) is 17.4 Å². The number of nitrogens with zero attached hydrogens (tertiary/aromatic N) is 3. The van der Waals surface area contributed by atoms with Crippen LogP contribution in [0.1, 0.15) is 10.4 Å². The second kappa shape index (κ2) is 5.24. The van der Waals surface area contributed by atoms with E-state index in [1.165, 1.54) is 11.1 Å². The molecule has 0 bridgehead atoms. The van der Waals surface area contributed by atoms with Gasteiger partial charge in [-0.15, -0.1) is 0 Å². The summed E-state index contributed by atoms with van der Waals surface area (Å²) in [6.45, 7) is 0. The first-order valence-corrected chi connectivity index (χ1v) is 5.32. The zero-order chi connectivity index (χ0) is 13.0. The average Bonchev–Trinajstić information content (AvgIpc) is 2.46. The van der Waals surface area contributed by atoms with Gasteiger partial charge in [-0.2, -0.15) is 0 Å². The Morgan fingerprint density at radius 1 is 1.28 bits per heavy atom. The summed E-state index contributed by atoms with van der Waals surface area (Å²) in [5, 5.41) is 0. The van der Waals surface area contributed by atoms with Gasteiger partial charge in [-0.05, 0) is 18.2 Å². The fourth-order valence-electron chi connectivity index (χ4n) is 1.55. The number of nitrogens with two attached hydrogens (primary N) is 1. The SMILES string of the molecule is CN(C(=O)c1ccncc1NN)c1cccnc1. The second-order valence-corrected chi connectivity index (χ2v) is 3.64. The molecular formula is C12H13N5O. The van der Waals surface area contributed by atoms with Crippen LogP contribution in [0, 0.1) is 0 Å². The summed E-state index contributed by atoms with van der Waals surface area (Å²) >= 11 is 0. The van der Waals surface area contributed by atoms with Gasteiger partial charge in [-0.1, -0.05) is 0 Å². The number of rotatable bonds is 3. The van der Waals surface area contributed by atoms with E-state index >= 15 is 0 Å². The molecule has 0 atom stereocenters. The Hall–Kier alpha value is -2.47. The highest BCUT2D eigenvalue weighted by Crippen LogP contribution is 2.18. The molecule has 0 fully saturated rings. The Bertz CT molecular complexity index is 543. The molecule has 0 spiro atoms. The molecule has 0 aliphatic rings. The monoisotopic (exact) mass is 243 g/mol. The third-order valence-corrected chi connectivity index (χ3v) is 2.54. The molecule has 0 aromatic carbocycles. The fourth-order valence-corrected chi connectivity index (χ4v) is 1.55. The highest BCUT2D eigenvalue weighted by molar-refractivity contribution is 6.09. The molecule has 0 unspecified atom stereocenters. The highest BCUT2D eigenvalue weighted by Gasteiger charge is 2.16. The fraction of sp³-hybridized carbons (Fsp3) is 0.0833. The van der Waals surface area contributed by atoms with Crippen LogP contribution in [0.3, 0.4) is 0 Å².